The van der Waals surface area contributed by atoms with Crippen molar-refractivity contribution in [3.63, 3.8) is 0 Å². The molecule has 0 saturated carbocycles. The molecule has 30 heavy (non-hydrogen) atoms. The van der Waals surface area contributed by atoms with E-state index in [-0.39, 0.29) is 22.5 Å². The molecule has 0 aliphatic carbocycles. The van der Waals surface area contributed by atoms with Crippen LogP contribution < -0.4 is 4.74 Å². The van der Waals surface area contributed by atoms with Crippen LogP contribution in [-0.2, 0) is 10.8 Å². The number of esters is 1. The number of benzene rings is 3. The topological polar surface area (TPSA) is 46.5 Å². The van der Waals surface area contributed by atoms with Gasteiger partial charge >= 0.3 is 5.97 Å². The van der Waals surface area contributed by atoms with Gasteiger partial charge < -0.3 is 9.84 Å². The van der Waals surface area contributed by atoms with Crippen LogP contribution in [-0.4, -0.2) is 11.1 Å². The number of phenols is 1. The molecule has 0 bridgehead atoms. The van der Waals surface area contributed by atoms with Gasteiger partial charge in [-0.15, -0.1) is 0 Å². The lowest BCUT2D eigenvalue weighted by Gasteiger charge is -2.25. The third kappa shape index (κ3) is 5.10. The van der Waals surface area contributed by atoms with Gasteiger partial charge in [-0.05, 0) is 69.5 Å². The average Bonchev–Trinajstić information content (AvgIpc) is 2.67. The summed E-state index contributed by atoms with van der Waals surface area (Å²) in [5.74, 6) is 0.376. The van der Waals surface area contributed by atoms with E-state index in [1.54, 1.807) is 24.3 Å². The van der Waals surface area contributed by atoms with Crippen LogP contribution in [0.2, 0.25) is 0 Å². The summed E-state index contributed by atoms with van der Waals surface area (Å²) in [7, 11) is 0. The molecule has 0 heterocycles. The Labute approximate surface area is 179 Å². The second-order valence-corrected chi connectivity index (χ2v) is 9.76. The lowest BCUT2D eigenvalue weighted by Crippen LogP contribution is -2.19. The summed E-state index contributed by atoms with van der Waals surface area (Å²) in [5, 5.41) is 9.44. The van der Waals surface area contributed by atoms with Gasteiger partial charge in [-0.2, -0.15) is 0 Å². The summed E-state index contributed by atoms with van der Waals surface area (Å²) in [4.78, 5) is 12.9. The van der Waals surface area contributed by atoms with Crippen molar-refractivity contribution in [3.8, 4) is 22.6 Å². The molecule has 3 rings (SSSR count). The van der Waals surface area contributed by atoms with Crippen LogP contribution in [0.5, 0.6) is 11.5 Å². The van der Waals surface area contributed by atoms with E-state index in [1.165, 1.54) is 0 Å². The average molecular weight is 403 g/mol. The summed E-state index contributed by atoms with van der Waals surface area (Å²) in [6, 6.07) is 20.4. The van der Waals surface area contributed by atoms with Crippen molar-refractivity contribution in [2.24, 2.45) is 0 Å². The molecule has 0 saturated heterocycles. The normalized spacial score (nSPS) is 11.9. The van der Waals surface area contributed by atoms with Gasteiger partial charge in [0.25, 0.3) is 0 Å². The van der Waals surface area contributed by atoms with E-state index in [2.05, 4.69) is 47.6 Å². The molecule has 3 heteroatoms. The Morgan fingerprint density at radius 2 is 1.13 bits per heavy atom. The summed E-state index contributed by atoms with van der Waals surface area (Å²) in [6.45, 7) is 12.9. The molecule has 0 atom stereocenters. The predicted octanol–water partition coefficient (Wildman–Crippen LogP) is 6.87. The van der Waals surface area contributed by atoms with Gasteiger partial charge in [-0.1, -0.05) is 71.9 Å². The highest BCUT2D eigenvalue weighted by Gasteiger charge is 2.23. The van der Waals surface area contributed by atoms with Gasteiger partial charge in [-0.3, -0.25) is 0 Å². The standard InChI is InChI=1S/C27H30O3/c1-26(2,3)21-15-20(16-22(17-21)27(4,5)6)25(29)30-24-13-9-19(10-14-24)18-7-11-23(28)12-8-18/h7-17,28H,1-6H3. The van der Waals surface area contributed by atoms with Crippen molar-refractivity contribution < 1.29 is 14.6 Å². The Balaban J connectivity index is 1.85. The van der Waals surface area contributed by atoms with Gasteiger partial charge in [0.2, 0.25) is 0 Å². The number of carbonyl (C=O) groups excluding carboxylic acids is 1. The molecular formula is C27H30O3. The lowest BCUT2D eigenvalue weighted by molar-refractivity contribution is 0.0734. The third-order valence-electron chi connectivity index (χ3n) is 5.17. The van der Waals surface area contributed by atoms with Crippen molar-refractivity contribution in [2.75, 3.05) is 0 Å². The van der Waals surface area contributed by atoms with E-state index in [0.29, 0.717) is 11.3 Å². The van der Waals surface area contributed by atoms with Gasteiger partial charge in [0.1, 0.15) is 11.5 Å². The van der Waals surface area contributed by atoms with Crippen LogP contribution in [0.25, 0.3) is 11.1 Å². The minimum atomic E-state index is -0.357. The van der Waals surface area contributed by atoms with E-state index >= 15 is 0 Å². The largest absolute Gasteiger partial charge is 0.508 e. The molecule has 0 aliphatic heterocycles. The number of carbonyl (C=O) groups is 1. The molecule has 1 N–H and O–H groups in total. The fourth-order valence-corrected chi connectivity index (χ4v) is 3.15. The Morgan fingerprint density at radius 1 is 0.700 bits per heavy atom. The van der Waals surface area contributed by atoms with Crippen molar-refractivity contribution in [3.05, 3.63) is 83.4 Å². The zero-order valence-corrected chi connectivity index (χ0v) is 18.6. The van der Waals surface area contributed by atoms with Crippen LogP contribution in [0, 0.1) is 0 Å². The maximum absolute atomic E-state index is 12.9. The Morgan fingerprint density at radius 3 is 1.57 bits per heavy atom. The van der Waals surface area contributed by atoms with E-state index in [1.807, 2.05) is 36.4 Å². The summed E-state index contributed by atoms with van der Waals surface area (Å²) in [5.41, 5.74) is 4.63. The Kier molecular flexibility index (Phi) is 5.76. The predicted molar refractivity (Wildman–Crippen MR) is 122 cm³/mol. The highest BCUT2D eigenvalue weighted by atomic mass is 16.5. The summed E-state index contributed by atoms with van der Waals surface area (Å²) >= 11 is 0. The first-order valence-electron chi connectivity index (χ1n) is 10.2. The fraction of sp³-hybridized carbons (Fsp3) is 0.296. The number of phenolic OH excluding ortho intramolecular Hbond substituents is 1. The fourth-order valence-electron chi connectivity index (χ4n) is 3.15. The SMILES string of the molecule is CC(C)(C)c1cc(C(=O)Oc2ccc(-c3ccc(O)cc3)cc2)cc(C(C)(C)C)c1. The quantitative estimate of drug-likeness (QED) is 0.384. The van der Waals surface area contributed by atoms with Crippen LogP contribution in [0.3, 0.4) is 0 Å². The second-order valence-electron chi connectivity index (χ2n) is 9.76. The summed E-state index contributed by atoms with van der Waals surface area (Å²) < 4.78 is 5.67. The lowest BCUT2D eigenvalue weighted by atomic mass is 9.79. The van der Waals surface area contributed by atoms with Gasteiger partial charge in [0.15, 0.2) is 0 Å². The number of hydrogen-bond acceptors (Lipinski definition) is 3. The number of hydrogen-bond donors (Lipinski definition) is 1. The first-order valence-corrected chi connectivity index (χ1v) is 10.2. The zero-order valence-electron chi connectivity index (χ0n) is 18.6. The van der Waals surface area contributed by atoms with Gasteiger partial charge in [0, 0.05) is 0 Å². The highest BCUT2D eigenvalue weighted by Crippen LogP contribution is 2.31. The van der Waals surface area contributed by atoms with Gasteiger partial charge in [0.05, 0.1) is 5.56 Å². The molecule has 0 spiro atoms. The van der Waals surface area contributed by atoms with Crippen molar-refractivity contribution >= 4 is 5.97 Å². The molecular weight excluding hydrogens is 372 g/mol. The first-order chi connectivity index (χ1) is 13.9. The van der Waals surface area contributed by atoms with Gasteiger partial charge in [-0.25, -0.2) is 4.79 Å². The molecule has 0 aliphatic rings. The van der Waals surface area contributed by atoms with Crippen LogP contribution in [0.15, 0.2) is 66.7 Å². The minimum absolute atomic E-state index is 0.0674. The minimum Gasteiger partial charge on any atom is -0.508 e. The molecule has 156 valence electrons. The maximum atomic E-state index is 12.9. The smallest absolute Gasteiger partial charge is 0.343 e. The molecule has 0 amide bonds. The molecule has 0 aromatic heterocycles. The number of ether oxygens (including phenoxy) is 1. The molecule has 3 aromatic rings. The first kappa shape index (κ1) is 21.6. The van der Waals surface area contributed by atoms with Crippen molar-refractivity contribution in [1.82, 2.24) is 0 Å². The van der Waals surface area contributed by atoms with Crippen molar-refractivity contribution in [1.29, 1.82) is 0 Å². The molecule has 3 aromatic carbocycles. The van der Waals surface area contributed by atoms with Crippen LogP contribution >= 0.6 is 0 Å². The van der Waals surface area contributed by atoms with Crippen molar-refractivity contribution in [2.45, 2.75) is 52.4 Å². The highest BCUT2D eigenvalue weighted by molar-refractivity contribution is 5.91. The van der Waals surface area contributed by atoms with Crippen LogP contribution in [0.4, 0.5) is 0 Å². The number of aromatic hydroxyl groups is 1. The number of rotatable bonds is 3. The second kappa shape index (κ2) is 7.98. The molecule has 0 radical (unpaired) electrons. The van der Waals surface area contributed by atoms with E-state index < -0.39 is 0 Å². The van der Waals surface area contributed by atoms with E-state index in [9.17, 15) is 9.90 Å². The van der Waals surface area contributed by atoms with Crippen LogP contribution in [0.1, 0.15) is 63.0 Å². The monoisotopic (exact) mass is 402 g/mol. The molecule has 0 fully saturated rings. The Hall–Kier alpha value is -3.07. The van der Waals surface area contributed by atoms with E-state index in [0.717, 1.165) is 22.3 Å². The third-order valence-corrected chi connectivity index (χ3v) is 5.17. The summed E-state index contributed by atoms with van der Waals surface area (Å²) in [6.07, 6.45) is 0. The van der Waals surface area contributed by atoms with E-state index in [4.69, 9.17) is 4.74 Å². The Bertz CT molecular complexity index is 999. The molecule has 0 unspecified atom stereocenters. The molecule has 3 nitrogen and oxygen atoms in total. The zero-order chi connectivity index (χ0) is 22.1. The maximum Gasteiger partial charge on any atom is 0.343 e.